The highest BCUT2D eigenvalue weighted by molar-refractivity contribution is 7.62. The van der Waals surface area contributed by atoms with Crippen LogP contribution in [0.1, 0.15) is 59.4 Å². The van der Waals surface area contributed by atoms with E-state index in [0.29, 0.717) is 27.9 Å². The Morgan fingerprint density at radius 2 is 1.83 bits per heavy atom. The van der Waals surface area contributed by atoms with Gasteiger partial charge in [-0.3, -0.25) is 9.59 Å². The normalized spacial score (nSPS) is 21.9. The van der Waals surface area contributed by atoms with Crippen molar-refractivity contribution in [1.82, 2.24) is 25.5 Å². The van der Waals surface area contributed by atoms with E-state index in [-0.39, 0.29) is 31.6 Å². The summed E-state index contributed by atoms with van der Waals surface area (Å²) >= 11 is 1.47. The smallest absolute Gasteiger partial charge is 0.408 e. The number of carbonyl (C=O) groups is 4. The minimum atomic E-state index is -2.46. The van der Waals surface area contributed by atoms with E-state index in [9.17, 15) is 28.8 Å². The van der Waals surface area contributed by atoms with Crippen LogP contribution in [0, 0.1) is 18.3 Å². The van der Waals surface area contributed by atoms with Crippen LogP contribution in [0.15, 0.2) is 42.3 Å². The molecule has 2 fully saturated rings. The number of carboxylic acid groups (broad SMARTS) is 1. The molecule has 1 aliphatic heterocycles. The molecule has 54 heavy (non-hydrogen) atoms. The number of aryl methyl sites for hydroxylation is 1. The molecule has 3 N–H and O–H groups in total. The monoisotopic (exact) mass is 783 g/mol. The van der Waals surface area contributed by atoms with E-state index in [4.69, 9.17) is 19.2 Å². The molecule has 3 aromatic rings. The third kappa shape index (κ3) is 9.41. The lowest BCUT2D eigenvalue weighted by molar-refractivity contribution is -0.146. The fourth-order valence-electron chi connectivity index (χ4n) is 6.32. The summed E-state index contributed by atoms with van der Waals surface area (Å²) in [6.07, 6.45) is 0.159. The molecule has 0 radical (unpaired) electrons. The predicted molar refractivity (Wildman–Crippen MR) is 206 cm³/mol. The summed E-state index contributed by atoms with van der Waals surface area (Å²) in [6, 6.07) is 4.90. The number of amides is 3. The van der Waals surface area contributed by atoms with Crippen molar-refractivity contribution in [2.75, 3.05) is 26.2 Å². The molecule has 16 heteroatoms. The average molecular weight is 784 g/mol. The molecule has 14 nitrogen and oxygen atoms in total. The van der Waals surface area contributed by atoms with Gasteiger partial charge in [-0.15, -0.1) is 17.9 Å². The summed E-state index contributed by atoms with van der Waals surface area (Å²) in [5.41, 5.74) is -2.03. The second-order valence-corrected chi connectivity index (χ2v) is 21.0. The number of nitrogens with zero attached hydrogens (tertiary/aromatic N) is 3. The molecular weight excluding hydrogens is 733 g/mol. The van der Waals surface area contributed by atoms with Gasteiger partial charge < -0.3 is 39.4 Å². The maximum atomic E-state index is 14.5. The van der Waals surface area contributed by atoms with Crippen molar-refractivity contribution < 1.29 is 43.1 Å². The van der Waals surface area contributed by atoms with Crippen molar-refractivity contribution in [3.05, 3.63) is 47.3 Å². The summed E-state index contributed by atoms with van der Waals surface area (Å²) < 4.78 is 30.3. The lowest BCUT2D eigenvalue weighted by Crippen LogP contribution is -2.59. The second kappa shape index (κ2) is 15.0. The maximum absolute atomic E-state index is 14.5. The summed E-state index contributed by atoms with van der Waals surface area (Å²) in [5, 5.41) is 19.5. The second-order valence-electron chi connectivity index (χ2n) is 16.5. The summed E-state index contributed by atoms with van der Waals surface area (Å²) in [5.74, 6) is -2.16. The Labute approximate surface area is 319 Å². The van der Waals surface area contributed by atoms with Gasteiger partial charge in [0.1, 0.15) is 48.6 Å². The molecular formula is C38H50N5O9PS. The van der Waals surface area contributed by atoms with Crippen molar-refractivity contribution in [3.63, 3.8) is 0 Å². The van der Waals surface area contributed by atoms with Crippen molar-refractivity contribution in [2.45, 2.75) is 90.6 Å². The van der Waals surface area contributed by atoms with Gasteiger partial charge in [-0.1, -0.05) is 26.8 Å². The van der Waals surface area contributed by atoms with Crippen molar-refractivity contribution in [1.29, 1.82) is 0 Å². The van der Waals surface area contributed by atoms with E-state index in [1.54, 1.807) is 73.1 Å². The minimum absolute atomic E-state index is 0.00200. The number of thiazole rings is 1. The van der Waals surface area contributed by atoms with Crippen LogP contribution in [0.5, 0.6) is 11.6 Å². The van der Waals surface area contributed by atoms with E-state index in [1.807, 2.05) is 18.4 Å². The molecule has 2 aromatic heterocycles. The minimum Gasteiger partial charge on any atom is -0.486 e. The molecule has 3 heterocycles. The molecule has 1 saturated heterocycles. The summed E-state index contributed by atoms with van der Waals surface area (Å²) in [4.78, 5) is 64.6. The number of nitrogens with one attached hydrogen (secondary N) is 2. The van der Waals surface area contributed by atoms with Gasteiger partial charge in [0.2, 0.25) is 17.7 Å². The van der Waals surface area contributed by atoms with Crippen LogP contribution in [-0.4, -0.2) is 99.4 Å². The zero-order valence-electron chi connectivity index (χ0n) is 32.2. The van der Waals surface area contributed by atoms with Crippen molar-refractivity contribution in [2.24, 2.45) is 11.3 Å². The Bertz CT molecular complexity index is 2020. The molecule has 292 valence electrons. The molecule has 0 bridgehead atoms. The molecule has 1 aliphatic carbocycles. The number of rotatable bonds is 12. The highest BCUT2D eigenvalue weighted by atomic mass is 32.1. The lowest BCUT2D eigenvalue weighted by Gasteiger charge is -2.35. The van der Waals surface area contributed by atoms with E-state index >= 15 is 0 Å². The zero-order valence-corrected chi connectivity index (χ0v) is 33.9. The molecule has 1 saturated carbocycles. The van der Waals surface area contributed by atoms with E-state index in [0.717, 1.165) is 5.01 Å². The Morgan fingerprint density at radius 1 is 1.13 bits per heavy atom. The van der Waals surface area contributed by atoms with Crippen LogP contribution >= 0.6 is 18.5 Å². The quantitative estimate of drug-likeness (QED) is 0.143. The largest absolute Gasteiger partial charge is 0.486 e. The number of carbonyl (C=O) groups excluding carboxylic acids is 3. The third-order valence-corrected chi connectivity index (χ3v) is 10.6. The summed E-state index contributed by atoms with van der Waals surface area (Å²) in [7, 11) is -2.46. The molecule has 5 rings (SSSR count). The molecule has 1 aromatic carbocycles. The van der Waals surface area contributed by atoms with Crippen LogP contribution in [0.25, 0.3) is 22.2 Å². The van der Waals surface area contributed by atoms with Crippen LogP contribution in [0.4, 0.5) is 4.79 Å². The van der Waals surface area contributed by atoms with Gasteiger partial charge in [0, 0.05) is 23.1 Å². The SMILES string of the molecule is C=CC1CC1(NC(=O)C1CC(Oc2nc(-c3csc(C)n3)cc3cc(OCP(C)(C)=O)ccc23)CN1C(=O)C(NC(=O)OC(C)(C)C)C(C)(C)C)C(=O)O. The number of aromatic nitrogens is 2. The first-order valence-corrected chi connectivity index (χ1v) is 21.3. The number of fused-ring (bicyclic) bond motifs is 1. The first kappa shape index (κ1) is 40.7. The number of likely N-dealkylation sites (tertiary alicyclic amines) is 1. The number of alkyl carbamates (subject to hydrolysis) is 1. The third-order valence-electron chi connectivity index (χ3n) is 9.12. The summed E-state index contributed by atoms with van der Waals surface area (Å²) in [6.45, 7) is 19.3. The first-order valence-electron chi connectivity index (χ1n) is 17.7. The van der Waals surface area contributed by atoms with Crippen molar-refractivity contribution >= 4 is 53.1 Å². The maximum Gasteiger partial charge on any atom is 0.408 e. The highest BCUT2D eigenvalue weighted by Gasteiger charge is 2.61. The Morgan fingerprint density at radius 3 is 2.39 bits per heavy atom. The van der Waals surface area contributed by atoms with E-state index in [1.165, 1.54) is 22.3 Å². The first-order chi connectivity index (χ1) is 25.0. The number of hydrogen-bond donors (Lipinski definition) is 3. The topological polar surface area (TPSA) is 186 Å². The fourth-order valence-corrected chi connectivity index (χ4v) is 7.38. The van der Waals surface area contributed by atoms with Gasteiger partial charge in [0.05, 0.1) is 22.9 Å². The Balaban J connectivity index is 1.51. The zero-order chi connectivity index (χ0) is 40.0. The fraction of sp³-hybridized carbons (Fsp3) is 0.526. The van der Waals surface area contributed by atoms with Crippen LogP contribution in [0.2, 0.25) is 0 Å². The Kier molecular flexibility index (Phi) is 11.3. The number of hydrogen-bond acceptors (Lipinski definition) is 11. The molecule has 0 spiro atoms. The number of ether oxygens (including phenoxy) is 3. The van der Waals surface area contributed by atoms with Gasteiger partial charge in [0.15, 0.2) is 0 Å². The molecule has 5 unspecified atom stereocenters. The predicted octanol–water partition coefficient (Wildman–Crippen LogP) is 6.06. The molecule has 3 amide bonds. The highest BCUT2D eigenvalue weighted by Crippen LogP contribution is 2.45. The van der Waals surface area contributed by atoms with E-state index in [2.05, 4.69) is 22.2 Å². The Hall–Kier alpha value is -4.49. The van der Waals surface area contributed by atoms with Gasteiger partial charge in [-0.2, -0.15) is 0 Å². The number of aliphatic carboxylic acids is 1. The molecule has 5 atom stereocenters. The number of pyridine rings is 1. The average Bonchev–Trinajstić information content (AvgIpc) is 3.34. The van der Waals surface area contributed by atoms with Gasteiger partial charge in [-0.25, -0.2) is 19.6 Å². The number of benzene rings is 1. The van der Waals surface area contributed by atoms with Crippen LogP contribution < -0.4 is 20.1 Å². The van der Waals surface area contributed by atoms with Crippen LogP contribution in [0.3, 0.4) is 0 Å². The van der Waals surface area contributed by atoms with Gasteiger partial charge in [0.25, 0.3) is 0 Å². The lowest BCUT2D eigenvalue weighted by atomic mass is 9.85. The number of carboxylic acids is 1. The van der Waals surface area contributed by atoms with Gasteiger partial charge in [-0.05, 0) is 82.5 Å². The van der Waals surface area contributed by atoms with Gasteiger partial charge >= 0.3 is 12.1 Å². The standard InChI is InChI=1S/C38H50N5O9PS/c1-11-23-17-38(23,34(46)47)42-31(44)29-16-25(18-43(29)33(45)30(36(3,4)5)41-35(48)52-37(6,7)8)51-32-26-13-12-24(50-20-53(9,10)49)14-22(26)15-27(40-32)28-19-54-21(2)39-28/h11-15,19,23,25,29-30H,1,16-18,20H2,2-10H3,(H,41,48)(H,42,44)(H,46,47). The molecule has 2 aliphatic rings. The van der Waals surface area contributed by atoms with Crippen LogP contribution in [-0.2, 0) is 23.7 Å². The van der Waals surface area contributed by atoms with E-state index < -0.39 is 71.7 Å². The van der Waals surface area contributed by atoms with Crippen molar-refractivity contribution in [3.8, 4) is 23.0 Å².